The molecule has 1 aromatic rings. The number of anilines is 1. The Morgan fingerprint density at radius 1 is 1.58 bits per heavy atom. The zero-order valence-corrected chi connectivity index (χ0v) is 10.8. The van der Waals surface area contributed by atoms with Crippen molar-refractivity contribution in [3.05, 3.63) is 18.1 Å². The van der Waals surface area contributed by atoms with Crippen molar-refractivity contribution in [1.29, 1.82) is 5.26 Å². The second-order valence-electron chi connectivity index (χ2n) is 4.71. The molecule has 0 aliphatic carbocycles. The monoisotopic (exact) mass is 260 g/mol. The van der Waals surface area contributed by atoms with Gasteiger partial charge in [-0.3, -0.25) is 0 Å². The van der Waals surface area contributed by atoms with E-state index in [2.05, 4.69) is 9.97 Å². The number of hydrogen-bond donors (Lipinski definition) is 1. The highest BCUT2D eigenvalue weighted by atomic mass is 16.4. The molecule has 100 valence electrons. The second-order valence-corrected chi connectivity index (χ2v) is 4.71. The van der Waals surface area contributed by atoms with Crippen LogP contribution in [0.4, 0.5) is 5.82 Å². The lowest BCUT2D eigenvalue weighted by Crippen LogP contribution is -2.51. The Labute approximate surface area is 111 Å². The van der Waals surface area contributed by atoms with Crippen molar-refractivity contribution in [1.82, 2.24) is 9.97 Å². The summed E-state index contributed by atoms with van der Waals surface area (Å²) in [5.41, 5.74) is -0.642. The summed E-state index contributed by atoms with van der Waals surface area (Å²) in [6.45, 7) is 2.64. The lowest BCUT2D eigenvalue weighted by atomic mass is 9.91. The molecule has 1 fully saturated rings. The lowest BCUT2D eigenvalue weighted by molar-refractivity contribution is -0.143. The molecule has 0 amide bonds. The van der Waals surface area contributed by atoms with Gasteiger partial charge in [-0.2, -0.15) is 5.26 Å². The summed E-state index contributed by atoms with van der Waals surface area (Å²) in [5, 5.41) is 18.3. The molecule has 0 aromatic carbocycles. The maximum absolute atomic E-state index is 11.7. The lowest BCUT2D eigenvalue weighted by Gasteiger charge is -2.35. The fraction of sp³-hybridized carbons (Fsp3) is 0.538. The highest BCUT2D eigenvalue weighted by Gasteiger charge is 2.47. The van der Waals surface area contributed by atoms with Gasteiger partial charge in [-0.1, -0.05) is 13.3 Å². The van der Waals surface area contributed by atoms with Crippen LogP contribution in [0.5, 0.6) is 0 Å². The van der Waals surface area contributed by atoms with Crippen molar-refractivity contribution in [2.45, 2.75) is 38.1 Å². The third-order valence-electron chi connectivity index (χ3n) is 3.58. The molecule has 2 heterocycles. The molecule has 1 saturated heterocycles. The highest BCUT2D eigenvalue weighted by molar-refractivity contribution is 5.84. The molecular formula is C13H16N4O2. The molecule has 1 unspecified atom stereocenters. The predicted molar refractivity (Wildman–Crippen MR) is 68.6 cm³/mol. The van der Waals surface area contributed by atoms with E-state index in [0.29, 0.717) is 25.2 Å². The van der Waals surface area contributed by atoms with E-state index in [-0.39, 0.29) is 5.69 Å². The number of rotatable bonds is 4. The maximum atomic E-state index is 11.7. The van der Waals surface area contributed by atoms with Gasteiger partial charge in [0.25, 0.3) is 0 Å². The number of hydrogen-bond acceptors (Lipinski definition) is 5. The van der Waals surface area contributed by atoms with E-state index in [1.165, 1.54) is 12.4 Å². The molecule has 0 saturated carbocycles. The topological polar surface area (TPSA) is 90.1 Å². The Bertz CT molecular complexity index is 508. The summed E-state index contributed by atoms with van der Waals surface area (Å²) < 4.78 is 0. The molecule has 1 atom stereocenters. The number of nitrogens with zero attached hydrogens (tertiary/aromatic N) is 4. The molecule has 2 rings (SSSR count). The van der Waals surface area contributed by atoms with Crippen LogP contribution in [0.15, 0.2) is 12.4 Å². The molecule has 6 heteroatoms. The molecule has 0 spiro atoms. The van der Waals surface area contributed by atoms with E-state index in [0.717, 1.165) is 12.8 Å². The van der Waals surface area contributed by atoms with E-state index in [9.17, 15) is 9.90 Å². The molecular weight excluding hydrogens is 244 g/mol. The first-order valence-electron chi connectivity index (χ1n) is 6.37. The summed E-state index contributed by atoms with van der Waals surface area (Å²) in [6, 6.07) is 1.90. The van der Waals surface area contributed by atoms with Crippen molar-refractivity contribution in [2.75, 3.05) is 11.4 Å². The van der Waals surface area contributed by atoms with Crippen LogP contribution in [0.25, 0.3) is 0 Å². The first-order valence-corrected chi connectivity index (χ1v) is 6.37. The van der Waals surface area contributed by atoms with Gasteiger partial charge >= 0.3 is 5.97 Å². The van der Waals surface area contributed by atoms with Crippen LogP contribution in [-0.4, -0.2) is 33.1 Å². The van der Waals surface area contributed by atoms with Crippen molar-refractivity contribution in [2.24, 2.45) is 0 Å². The first kappa shape index (κ1) is 13.3. The maximum Gasteiger partial charge on any atom is 0.329 e. The summed E-state index contributed by atoms with van der Waals surface area (Å²) >= 11 is 0. The summed E-state index contributed by atoms with van der Waals surface area (Å²) in [6.07, 6.45) is 5.70. The largest absolute Gasteiger partial charge is 0.479 e. The zero-order valence-electron chi connectivity index (χ0n) is 10.8. The van der Waals surface area contributed by atoms with Crippen LogP contribution >= 0.6 is 0 Å². The molecule has 19 heavy (non-hydrogen) atoms. The third kappa shape index (κ3) is 2.24. The van der Waals surface area contributed by atoms with Crippen LogP contribution in [-0.2, 0) is 4.79 Å². The van der Waals surface area contributed by atoms with E-state index < -0.39 is 11.5 Å². The number of aromatic nitrogens is 2. The van der Waals surface area contributed by atoms with Crippen molar-refractivity contribution >= 4 is 11.8 Å². The molecule has 0 bridgehead atoms. The summed E-state index contributed by atoms with van der Waals surface area (Å²) in [4.78, 5) is 21.6. The second kappa shape index (κ2) is 5.22. The van der Waals surface area contributed by atoms with Crippen LogP contribution in [0.1, 0.15) is 38.3 Å². The number of aliphatic carboxylic acids is 1. The number of nitriles is 1. The van der Waals surface area contributed by atoms with E-state index in [1.807, 2.05) is 17.9 Å². The smallest absolute Gasteiger partial charge is 0.329 e. The molecule has 1 aliphatic rings. The van der Waals surface area contributed by atoms with Crippen LogP contribution in [0.2, 0.25) is 0 Å². The molecule has 1 aromatic heterocycles. The fourth-order valence-corrected chi connectivity index (χ4v) is 2.73. The van der Waals surface area contributed by atoms with Gasteiger partial charge in [-0.05, 0) is 19.3 Å². The Kier molecular flexibility index (Phi) is 3.65. The Morgan fingerprint density at radius 3 is 2.89 bits per heavy atom. The minimum atomic E-state index is -0.877. The normalized spacial score (nSPS) is 22.2. The van der Waals surface area contributed by atoms with Gasteiger partial charge in [0.15, 0.2) is 5.69 Å². The number of carboxylic acid groups (broad SMARTS) is 1. The predicted octanol–water partition coefficient (Wildman–Crippen LogP) is 1.57. The summed E-state index contributed by atoms with van der Waals surface area (Å²) in [7, 11) is 0. The van der Waals surface area contributed by atoms with Gasteiger partial charge < -0.3 is 10.0 Å². The van der Waals surface area contributed by atoms with Gasteiger partial charge in [0.05, 0.1) is 12.4 Å². The average Bonchev–Trinajstić information content (AvgIpc) is 2.84. The quantitative estimate of drug-likeness (QED) is 0.883. The van der Waals surface area contributed by atoms with Gasteiger partial charge in [0.2, 0.25) is 0 Å². The van der Waals surface area contributed by atoms with Crippen molar-refractivity contribution < 1.29 is 9.90 Å². The summed E-state index contributed by atoms with van der Waals surface area (Å²) in [5.74, 6) is -0.273. The van der Waals surface area contributed by atoms with Crippen LogP contribution in [0.3, 0.4) is 0 Å². The fourth-order valence-electron chi connectivity index (χ4n) is 2.73. The zero-order chi connectivity index (χ0) is 13.9. The van der Waals surface area contributed by atoms with Crippen molar-refractivity contribution in [3.63, 3.8) is 0 Å². The van der Waals surface area contributed by atoms with E-state index in [1.54, 1.807) is 0 Å². The van der Waals surface area contributed by atoms with E-state index in [4.69, 9.17) is 5.26 Å². The van der Waals surface area contributed by atoms with Crippen LogP contribution in [0, 0.1) is 11.3 Å². The number of carbonyl (C=O) groups is 1. The highest BCUT2D eigenvalue weighted by Crippen LogP contribution is 2.36. The molecule has 1 N–H and O–H groups in total. The minimum absolute atomic E-state index is 0.236. The van der Waals surface area contributed by atoms with E-state index >= 15 is 0 Å². The molecule has 6 nitrogen and oxygen atoms in total. The van der Waals surface area contributed by atoms with Gasteiger partial charge in [0.1, 0.15) is 17.4 Å². The van der Waals surface area contributed by atoms with Gasteiger partial charge in [-0.25, -0.2) is 14.8 Å². The molecule has 1 aliphatic heterocycles. The first-order chi connectivity index (χ1) is 9.14. The van der Waals surface area contributed by atoms with Gasteiger partial charge in [-0.15, -0.1) is 0 Å². The Balaban J connectivity index is 2.35. The third-order valence-corrected chi connectivity index (χ3v) is 3.58. The van der Waals surface area contributed by atoms with Gasteiger partial charge in [0, 0.05) is 6.54 Å². The Morgan fingerprint density at radius 2 is 2.37 bits per heavy atom. The standard InChI is InChI=1S/C13H16N4O2/c1-2-4-13(12(18)19)5-3-6-17(13)11-9-15-10(7-14)8-16-11/h8-9H,2-6H2,1H3,(H,18,19). The SMILES string of the molecule is CCCC1(C(=O)O)CCCN1c1cnc(C#N)cn1. The molecule has 0 radical (unpaired) electrons. The average molecular weight is 260 g/mol. The van der Waals surface area contributed by atoms with Crippen LogP contribution < -0.4 is 4.90 Å². The minimum Gasteiger partial charge on any atom is -0.479 e. The van der Waals surface area contributed by atoms with Crippen molar-refractivity contribution in [3.8, 4) is 6.07 Å². The Hall–Kier alpha value is -2.16. The number of carboxylic acids is 1.